The fourth-order valence-electron chi connectivity index (χ4n) is 1.25. The lowest BCUT2D eigenvalue weighted by Crippen LogP contribution is -2.22. The Labute approximate surface area is 87.3 Å². The maximum atomic E-state index is 9.17. The molecule has 1 rings (SSSR count). The van der Waals surface area contributed by atoms with Crippen LogP contribution < -0.4 is 0 Å². The molecular formula is C10H14BrNO. The van der Waals surface area contributed by atoms with Gasteiger partial charge < -0.3 is 10.0 Å². The summed E-state index contributed by atoms with van der Waals surface area (Å²) >= 11 is 3.38. The Morgan fingerprint density at radius 2 is 1.85 bits per heavy atom. The Bertz CT molecular complexity index is 258. The van der Waals surface area contributed by atoms with Gasteiger partial charge >= 0.3 is 0 Å². The van der Waals surface area contributed by atoms with E-state index >= 15 is 0 Å². The largest absolute Gasteiger partial charge is 0.394 e. The first-order chi connectivity index (χ1) is 6.15. The Morgan fingerprint density at radius 1 is 1.31 bits per heavy atom. The molecule has 72 valence electrons. The average Bonchev–Trinajstić information content (AvgIpc) is 2.09. The molecule has 2 nitrogen and oxygen atoms in total. The summed E-state index contributed by atoms with van der Waals surface area (Å²) < 4.78 is 1.06. The van der Waals surface area contributed by atoms with Gasteiger partial charge in [-0.25, -0.2) is 0 Å². The third kappa shape index (κ3) is 2.79. The summed E-state index contributed by atoms with van der Waals surface area (Å²) in [7, 11) is 3.92. The number of aliphatic hydroxyl groups excluding tert-OH is 1. The molecule has 0 heterocycles. The van der Waals surface area contributed by atoms with Crippen molar-refractivity contribution in [3.63, 3.8) is 0 Å². The van der Waals surface area contributed by atoms with Crippen molar-refractivity contribution in [2.75, 3.05) is 20.7 Å². The Kier molecular flexibility index (Phi) is 3.90. The van der Waals surface area contributed by atoms with Crippen molar-refractivity contribution in [2.45, 2.75) is 6.04 Å². The van der Waals surface area contributed by atoms with Gasteiger partial charge in [-0.15, -0.1) is 0 Å². The molecule has 0 radical (unpaired) electrons. The molecule has 0 unspecified atom stereocenters. The SMILES string of the molecule is CN(C)[C@@H](CO)c1ccc(Br)cc1. The van der Waals surface area contributed by atoms with Crippen molar-refractivity contribution in [2.24, 2.45) is 0 Å². The zero-order valence-electron chi connectivity index (χ0n) is 7.87. The highest BCUT2D eigenvalue weighted by atomic mass is 79.9. The molecule has 1 N–H and O–H groups in total. The molecule has 13 heavy (non-hydrogen) atoms. The fraction of sp³-hybridized carbons (Fsp3) is 0.400. The molecule has 0 bridgehead atoms. The van der Waals surface area contributed by atoms with Gasteiger partial charge in [-0.3, -0.25) is 0 Å². The van der Waals surface area contributed by atoms with Crippen LogP contribution in [0.15, 0.2) is 28.7 Å². The van der Waals surface area contributed by atoms with Gasteiger partial charge in [-0.1, -0.05) is 28.1 Å². The Hall–Kier alpha value is -0.380. The molecule has 1 aromatic rings. The predicted molar refractivity (Wildman–Crippen MR) is 57.7 cm³/mol. The van der Waals surface area contributed by atoms with E-state index in [1.807, 2.05) is 43.3 Å². The van der Waals surface area contributed by atoms with E-state index in [1.54, 1.807) is 0 Å². The number of likely N-dealkylation sites (N-methyl/N-ethyl adjacent to an activating group) is 1. The van der Waals surface area contributed by atoms with Gasteiger partial charge in [-0.2, -0.15) is 0 Å². The van der Waals surface area contributed by atoms with E-state index < -0.39 is 0 Å². The summed E-state index contributed by atoms with van der Waals surface area (Å²) in [5.74, 6) is 0. The molecule has 3 heteroatoms. The number of nitrogens with zero attached hydrogens (tertiary/aromatic N) is 1. The molecule has 0 saturated carbocycles. The van der Waals surface area contributed by atoms with Gasteiger partial charge in [0.25, 0.3) is 0 Å². The molecule has 0 fully saturated rings. The van der Waals surface area contributed by atoms with Crippen LogP contribution in [0.3, 0.4) is 0 Å². The van der Waals surface area contributed by atoms with Gasteiger partial charge in [0.05, 0.1) is 12.6 Å². The Balaban J connectivity index is 2.86. The fourth-order valence-corrected chi connectivity index (χ4v) is 1.52. The molecule has 0 amide bonds. The summed E-state index contributed by atoms with van der Waals surface area (Å²) in [6.07, 6.45) is 0. The van der Waals surface area contributed by atoms with Crippen molar-refractivity contribution in [3.8, 4) is 0 Å². The van der Waals surface area contributed by atoms with Gasteiger partial charge in [0.2, 0.25) is 0 Å². The van der Waals surface area contributed by atoms with Crippen LogP contribution in [-0.2, 0) is 0 Å². The molecule has 1 aromatic carbocycles. The maximum absolute atomic E-state index is 9.17. The average molecular weight is 244 g/mol. The Morgan fingerprint density at radius 3 is 2.23 bits per heavy atom. The lowest BCUT2D eigenvalue weighted by molar-refractivity contribution is 0.171. The normalized spacial score (nSPS) is 13.3. The minimum absolute atomic E-state index is 0.0908. The molecule has 0 saturated heterocycles. The van der Waals surface area contributed by atoms with E-state index in [0.29, 0.717) is 0 Å². The van der Waals surface area contributed by atoms with E-state index in [1.165, 1.54) is 0 Å². The highest BCUT2D eigenvalue weighted by Gasteiger charge is 2.11. The smallest absolute Gasteiger partial charge is 0.0628 e. The predicted octanol–water partition coefficient (Wildman–Crippen LogP) is 2.04. The number of hydrogen-bond acceptors (Lipinski definition) is 2. The van der Waals surface area contributed by atoms with Gasteiger partial charge in [0.15, 0.2) is 0 Å². The van der Waals surface area contributed by atoms with Crippen molar-refractivity contribution >= 4 is 15.9 Å². The van der Waals surface area contributed by atoms with Crippen molar-refractivity contribution in [3.05, 3.63) is 34.3 Å². The second-order valence-corrected chi connectivity index (χ2v) is 4.13. The van der Waals surface area contributed by atoms with Crippen LogP contribution in [0.2, 0.25) is 0 Å². The minimum atomic E-state index is 0.0908. The number of halogens is 1. The van der Waals surface area contributed by atoms with Crippen molar-refractivity contribution < 1.29 is 5.11 Å². The minimum Gasteiger partial charge on any atom is -0.394 e. The van der Waals surface area contributed by atoms with Gasteiger partial charge in [0, 0.05) is 4.47 Å². The van der Waals surface area contributed by atoms with Crippen LogP contribution in [0.4, 0.5) is 0 Å². The van der Waals surface area contributed by atoms with E-state index in [-0.39, 0.29) is 12.6 Å². The molecule has 1 atom stereocenters. The number of aliphatic hydroxyl groups is 1. The van der Waals surface area contributed by atoms with E-state index in [4.69, 9.17) is 5.11 Å². The molecule has 0 aromatic heterocycles. The van der Waals surface area contributed by atoms with Crippen LogP contribution in [0, 0.1) is 0 Å². The summed E-state index contributed by atoms with van der Waals surface area (Å²) in [4.78, 5) is 2.00. The lowest BCUT2D eigenvalue weighted by Gasteiger charge is -2.22. The molecular weight excluding hydrogens is 230 g/mol. The summed E-state index contributed by atoms with van der Waals surface area (Å²) in [5, 5.41) is 9.17. The third-order valence-corrected chi connectivity index (χ3v) is 2.58. The van der Waals surface area contributed by atoms with Gasteiger partial charge in [-0.05, 0) is 31.8 Å². The second kappa shape index (κ2) is 4.74. The quantitative estimate of drug-likeness (QED) is 0.879. The third-order valence-electron chi connectivity index (χ3n) is 2.05. The first-order valence-electron chi connectivity index (χ1n) is 4.18. The second-order valence-electron chi connectivity index (χ2n) is 3.21. The maximum Gasteiger partial charge on any atom is 0.0628 e. The standard InChI is InChI=1S/C10H14BrNO/c1-12(2)10(7-13)8-3-5-9(11)6-4-8/h3-6,10,13H,7H2,1-2H3/t10-/m0/s1. The number of rotatable bonds is 3. The van der Waals surface area contributed by atoms with Crippen LogP contribution in [0.1, 0.15) is 11.6 Å². The molecule has 0 spiro atoms. The first-order valence-corrected chi connectivity index (χ1v) is 4.97. The summed E-state index contributed by atoms with van der Waals surface area (Å²) in [6, 6.07) is 8.10. The molecule has 0 aliphatic carbocycles. The van der Waals surface area contributed by atoms with Crippen LogP contribution >= 0.6 is 15.9 Å². The molecule has 0 aliphatic rings. The van der Waals surface area contributed by atoms with E-state index in [2.05, 4.69) is 15.9 Å². The van der Waals surface area contributed by atoms with Crippen LogP contribution in [0.5, 0.6) is 0 Å². The summed E-state index contributed by atoms with van der Waals surface area (Å²) in [6.45, 7) is 0.147. The highest BCUT2D eigenvalue weighted by Crippen LogP contribution is 2.19. The highest BCUT2D eigenvalue weighted by molar-refractivity contribution is 9.10. The van der Waals surface area contributed by atoms with E-state index in [9.17, 15) is 0 Å². The topological polar surface area (TPSA) is 23.5 Å². The van der Waals surface area contributed by atoms with Crippen LogP contribution in [-0.4, -0.2) is 30.7 Å². The van der Waals surface area contributed by atoms with Crippen molar-refractivity contribution in [1.82, 2.24) is 4.90 Å². The van der Waals surface area contributed by atoms with Gasteiger partial charge in [0.1, 0.15) is 0 Å². The van der Waals surface area contributed by atoms with Crippen LogP contribution in [0.25, 0.3) is 0 Å². The van der Waals surface area contributed by atoms with E-state index in [0.717, 1.165) is 10.0 Å². The first kappa shape index (κ1) is 10.7. The molecule has 0 aliphatic heterocycles. The number of hydrogen-bond donors (Lipinski definition) is 1. The zero-order chi connectivity index (χ0) is 9.84. The summed E-state index contributed by atoms with van der Waals surface area (Å²) in [5.41, 5.74) is 1.13. The lowest BCUT2D eigenvalue weighted by atomic mass is 10.1. The number of benzene rings is 1. The zero-order valence-corrected chi connectivity index (χ0v) is 9.45. The monoisotopic (exact) mass is 243 g/mol. The van der Waals surface area contributed by atoms with Crippen molar-refractivity contribution in [1.29, 1.82) is 0 Å².